The maximum Gasteiger partial charge on any atom is 0.232 e. The average molecular weight is 260 g/mol. The van der Waals surface area contributed by atoms with E-state index < -0.39 is 0 Å². The van der Waals surface area contributed by atoms with Crippen LogP contribution in [0.3, 0.4) is 0 Å². The summed E-state index contributed by atoms with van der Waals surface area (Å²) in [5.74, 6) is 0.246. The summed E-state index contributed by atoms with van der Waals surface area (Å²) < 4.78 is 5.45. The minimum absolute atomic E-state index is 0.0277. The molecule has 0 saturated carbocycles. The normalized spacial score (nSPS) is 23.2. The van der Waals surface area contributed by atoms with Crippen molar-refractivity contribution in [3.63, 3.8) is 0 Å². The number of nitrogens with one attached hydrogen (secondary N) is 1. The molecule has 0 spiro atoms. The summed E-state index contributed by atoms with van der Waals surface area (Å²) in [6.07, 6.45) is 2.92. The zero-order chi connectivity index (χ0) is 13.1. The molecule has 102 valence electrons. The van der Waals surface area contributed by atoms with Gasteiger partial charge in [-0.2, -0.15) is 0 Å². The third-order valence-electron chi connectivity index (χ3n) is 3.84. The molecule has 2 aliphatic rings. The molecule has 4 nitrogen and oxygen atoms in total. The molecule has 0 radical (unpaired) electrons. The number of nitrogens with zero attached hydrogens (tertiary/aromatic N) is 1. The molecular formula is C15H20N2O2. The first-order valence-corrected chi connectivity index (χ1v) is 7.08. The third kappa shape index (κ3) is 2.59. The highest BCUT2D eigenvalue weighted by molar-refractivity contribution is 5.98. The van der Waals surface area contributed by atoms with E-state index in [4.69, 9.17) is 4.74 Å². The second-order valence-electron chi connectivity index (χ2n) is 5.20. The molecule has 1 atom stereocenters. The lowest BCUT2D eigenvalue weighted by Crippen LogP contribution is -2.40. The Balaban J connectivity index is 1.84. The van der Waals surface area contributed by atoms with Gasteiger partial charge in [-0.1, -0.05) is 12.1 Å². The molecule has 2 heterocycles. The Morgan fingerprint density at radius 1 is 1.32 bits per heavy atom. The molecule has 1 fully saturated rings. The van der Waals surface area contributed by atoms with Crippen molar-refractivity contribution >= 4 is 17.3 Å². The molecule has 1 aromatic rings. The number of hydrogen-bond donors (Lipinski definition) is 1. The first-order chi connectivity index (χ1) is 9.36. The number of para-hydroxylation sites is 2. The van der Waals surface area contributed by atoms with Gasteiger partial charge in [-0.15, -0.1) is 0 Å². The van der Waals surface area contributed by atoms with Gasteiger partial charge < -0.3 is 15.0 Å². The van der Waals surface area contributed by atoms with Crippen LogP contribution in [0.15, 0.2) is 24.3 Å². The molecule has 3 rings (SSSR count). The van der Waals surface area contributed by atoms with Crippen LogP contribution in [-0.4, -0.2) is 32.2 Å². The van der Waals surface area contributed by atoms with Crippen LogP contribution in [-0.2, 0) is 9.53 Å². The van der Waals surface area contributed by atoms with E-state index in [1.54, 1.807) is 0 Å². The Hall–Kier alpha value is -1.55. The summed E-state index contributed by atoms with van der Waals surface area (Å²) in [4.78, 5) is 14.6. The van der Waals surface area contributed by atoms with Crippen molar-refractivity contribution in [3.05, 3.63) is 24.3 Å². The van der Waals surface area contributed by atoms with Gasteiger partial charge in [0.1, 0.15) is 0 Å². The van der Waals surface area contributed by atoms with E-state index in [0.717, 1.165) is 50.3 Å². The van der Waals surface area contributed by atoms with E-state index in [0.29, 0.717) is 6.61 Å². The zero-order valence-electron chi connectivity index (χ0n) is 11.1. The lowest BCUT2D eigenvalue weighted by molar-refractivity contribution is -0.126. The van der Waals surface area contributed by atoms with Crippen LogP contribution < -0.4 is 10.2 Å². The van der Waals surface area contributed by atoms with E-state index in [1.165, 1.54) is 0 Å². The van der Waals surface area contributed by atoms with Crippen LogP contribution in [0, 0.1) is 5.92 Å². The summed E-state index contributed by atoms with van der Waals surface area (Å²) in [6.45, 7) is 3.08. The molecule has 2 aliphatic heterocycles. The van der Waals surface area contributed by atoms with E-state index in [-0.39, 0.29) is 11.8 Å². The Kier molecular flexibility index (Phi) is 3.69. The molecule has 0 bridgehead atoms. The molecule has 1 amide bonds. The van der Waals surface area contributed by atoms with E-state index >= 15 is 0 Å². The topological polar surface area (TPSA) is 41.6 Å². The van der Waals surface area contributed by atoms with Crippen LogP contribution >= 0.6 is 0 Å². The van der Waals surface area contributed by atoms with E-state index in [9.17, 15) is 4.79 Å². The van der Waals surface area contributed by atoms with Crippen LogP contribution in [0.2, 0.25) is 0 Å². The van der Waals surface area contributed by atoms with Crippen molar-refractivity contribution in [1.29, 1.82) is 0 Å². The van der Waals surface area contributed by atoms with Crippen molar-refractivity contribution in [2.75, 3.05) is 36.5 Å². The van der Waals surface area contributed by atoms with Crippen LogP contribution in [0.4, 0.5) is 11.4 Å². The maximum absolute atomic E-state index is 12.7. The molecular weight excluding hydrogens is 240 g/mol. The number of ether oxygens (including phenoxy) is 1. The van der Waals surface area contributed by atoms with E-state index in [2.05, 4.69) is 5.32 Å². The van der Waals surface area contributed by atoms with Crippen molar-refractivity contribution in [2.24, 2.45) is 5.92 Å². The number of carbonyl (C=O) groups is 1. The average Bonchev–Trinajstić information content (AvgIpc) is 2.70. The predicted octanol–water partition coefficient (Wildman–Crippen LogP) is 2.26. The van der Waals surface area contributed by atoms with Gasteiger partial charge in [0.05, 0.1) is 23.9 Å². The predicted molar refractivity (Wildman–Crippen MR) is 75.4 cm³/mol. The summed E-state index contributed by atoms with van der Waals surface area (Å²) in [5.41, 5.74) is 2.07. The van der Waals surface area contributed by atoms with Crippen LogP contribution in [0.1, 0.15) is 19.3 Å². The Labute approximate surface area is 113 Å². The molecule has 0 aliphatic carbocycles. The first kappa shape index (κ1) is 12.5. The molecule has 1 saturated heterocycles. The van der Waals surface area contributed by atoms with Gasteiger partial charge in [0.25, 0.3) is 0 Å². The SMILES string of the molecule is O=C(C1CCCOC1)N1CCCNc2ccccc21. The number of rotatable bonds is 1. The van der Waals surface area contributed by atoms with Gasteiger partial charge in [-0.25, -0.2) is 0 Å². The van der Waals surface area contributed by atoms with Crippen LogP contribution in [0.25, 0.3) is 0 Å². The van der Waals surface area contributed by atoms with E-state index in [1.807, 2.05) is 29.2 Å². The maximum atomic E-state index is 12.7. The number of anilines is 2. The monoisotopic (exact) mass is 260 g/mol. The second kappa shape index (κ2) is 5.61. The molecule has 1 aromatic carbocycles. The van der Waals surface area contributed by atoms with Gasteiger partial charge in [0.2, 0.25) is 5.91 Å². The highest BCUT2D eigenvalue weighted by Gasteiger charge is 2.29. The first-order valence-electron chi connectivity index (χ1n) is 7.08. The van der Waals surface area contributed by atoms with Gasteiger partial charge >= 0.3 is 0 Å². The number of benzene rings is 1. The number of carbonyl (C=O) groups excluding carboxylic acids is 1. The standard InChI is InChI=1S/C15H20N2O2/c18-15(12-5-3-10-19-11-12)17-9-4-8-16-13-6-1-2-7-14(13)17/h1-2,6-7,12,16H,3-5,8-11H2. The fourth-order valence-electron chi connectivity index (χ4n) is 2.82. The van der Waals surface area contributed by atoms with Crippen LogP contribution in [0.5, 0.6) is 0 Å². The van der Waals surface area contributed by atoms with Gasteiger partial charge in [-0.3, -0.25) is 4.79 Å². The van der Waals surface area contributed by atoms with Gasteiger partial charge in [0, 0.05) is 19.7 Å². The van der Waals surface area contributed by atoms with Crippen molar-refractivity contribution in [3.8, 4) is 0 Å². The Morgan fingerprint density at radius 3 is 3.05 bits per heavy atom. The number of amides is 1. The summed E-state index contributed by atoms with van der Waals surface area (Å²) >= 11 is 0. The van der Waals surface area contributed by atoms with Gasteiger partial charge in [-0.05, 0) is 31.4 Å². The van der Waals surface area contributed by atoms with Gasteiger partial charge in [0.15, 0.2) is 0 Å². The van der Waals surface area contributed by atoms with Crippen molar-refractivity contribution < 1.29 is 9.53 Å². The zero-order valence-corrected chi connectivity index (χ0v) is 11.1. The molecule has 0 aromatic heterocycles. The van der Waals surface area contributed by atoms with Crippen molar-refractivity contribution in [2.45, 2.75) is 19.3 Å². The lowest BCUT2D eigenvalue weighted by atomic mass is 10.00. The smallest absolute Gasteiger partial charge is 0.232 e. The summed E-state index contributed by atoms with van der Waals surface area (Å²) in [6, 6.07) is 8.06. The van der Waals surface area contributed by atoms with Crippen molar-refractivity contribution in [1.82, 2.24) is 0 Å². The fraction of sp³-hybridized carbons (Fsp3) is 0.533. The summed E-state index contributed by atoms with van der Waals surface area (Å²) in [7, 11) is 0. The minimum Gasteiger partial charge on any atom is -0.383 e. The molecule has 19 heavy (non-hydrogen) atoms. The lowest BCUT2D eigenvalue weighted by Gasteiger charge is -2.29. The Morgan fingerprint density at radius 2 is 2.21 bits per heavy atom. The molecule has 1 N–H and O–H groups in total. The third-order valence-corrected chi connectivity index (χ3v) is 3.84. The molecule has 4 heteroatoms. The quantitative estimate of drug-likeness (QED) is 0.842. The fourth-order valence-corrected chi connectivity index (χ4v) is 2.82. The molecule has 1 unspecified atom stereocenters. The highest BCUT2D eigenvalue weighted by Crippen LogP contribution is 2.30. The number of fused-ring (bicyclic) bond motifs is 1. The minimum atomic E-state index is 0.0277. The second-order valence-corrected chi connectivity index (χ2v) is 5.20. The largest absolute Gasteiger partial charge is 0.383 e. The summed E-state index contributed by atoms with van der Waals surface area (Å²) in [5, 5.41) is 3.39. The highest BCUT2D eigenvalue weighted by atomic mass is 16.5. The number of hydrogen-bond acceptors (Lipinski definition) is 3. The Bertz CT molecular complexity index is 455.